The summed E-state index contributed by atoms with van der Waals surface area (Å²) in [5.74, 6) is 0.640. The Morgan fingerprint density at radius 2 is 1.60 bits per heavy atom. The second-order valence-corrected chi connectivity index (χ2v) is 7.92. The van der Waals surface area contributed by atoms with Crippen LogP contribution in [0.4, 0.5) is 5.69 Å². The second kappa shape index (κ2) is 9.61. The number of hydrogen-bond acceptors (Lipinski definition) is 4. The van der Waals surface area contributed by atoms with Crippen molar-refractivity contribution in [3.8, 4) is 5.75 Å². The molecule has 0 radical (unpaired) electrons. The van der Waals surface area contributed by atoms with E-state index in [-0.39, 0.29) is 11.8 Å². The summed E-state index contributed by atoms with van der Waals surface area (Å²) in [6.45, 7) is 9.26. The summed E-state index contributed by atoms with van der Waals surface area (Å²) >= 11 is 0. The molecule has 1 N–H and O–H groups in total. The summed E-state index contributed by atoms with van der Waals surface area (Å²) in [7, 11) is 0. The molecule has 1 aliphatic heterocycles. The normalized spacial score (nSPS) is 14.1. The molecule has 1 aliphatic rings. The maximum atomic E-state index is 13.1. The zero-order chi connectivity index (χ0) is 21.7. The number of anilines is 1. The molecule has 0 aliphatic carbocycles. The maximum absolute atomic E-state index is 13.1. The highest BCUT2D eigenvalue weighted by Gasteiger charge is 2.38. The summed E-state index contributed by atoms with van der Waals surface area (Å²) in [6, 6.07) is 15.3. The Labute approximate surface area is 178 Å². The molecule has 2 aromatic carbocycles. The Hall–Kier alpha value is -3.08. The van der Waals surface area contributed by atoms with Gasteiger partial charge in [-0.1, -0.05) is 52.0 Å². The highest BCUT2D eigenvalue weighted by molar-refractivity contribution is 6.36. The average Bonchev–Trinajstić information content (AvgIpc) is 2.98. The molecule has 5 nitrogen and oxygen atoms in total. The van der Waals surface area contributed by atoms with Gasteiger partial charge in [0.25, 0.3) is 11.8 Å². The highest BCUT2D eigenvalue weighted by atomic mass is 16.5. The predicted molar refractivity (Wildman–Crippen MR) is 120 cm³/mol. The van der Waals surface area contributed by atoms with Gasteiger partial charge >= 0.3 is 0 Å². The van der Waals surface area contributed by atoms with E-state index in [0.717, 1.165) is 17.9 Å². The van der Waals surface area contributed by atoms with E-state index in [4.69, 9.17) is 4.74 Å². The van der Waals surface area contributed by atoms with Crippen molar-refractivity contribution in [1.29, 1.82) is 0 Å². The van der Waals surface area contributed by atoms with E-state index in [1.54, 1.807) is 0 Å². The third-order valence-electron chi connectivity index (χ3n) is 4.97. The van der Waals surface area contributed by atoms with E-state index in [1.165, 1.54) is 10.5 Å². The number of nitrogens with zero attached hydrogens (tertiary/aromatic N) is 1. The van der Waals surface area contributed by atoms with Crippen LogP contribution in [0.15, 0.2) is 54.2 Å². The lowest BCUT2D eigenvalue weighted by atomic mass is 10.0. The molecule has 2 amide bonds. The van der Waals surface area contributed by atoms with Crippen LogP contribution >= 0.6 is 0 Å². The fourth-order valence-corrected chi connectivity index (χ4v) is 3.34. The van der Waals surface area contributed by atoms with E-state index < -0.39 is 0 Å². The van der Waals surface area contributed by atoms with Gasteiger partial charge in [-0.15, -0.1) is 0 Å². The molecule has 2 aromatic rings. The van der Waals surface area contributed by atoms with Gasteiger partial charge in [-0.3, -0.25) is 14.5 Å². The number of imide groups is 1. The van der Waals surface area contributed by atoms with Gasteiger partial charge in [0.05, 0.1) is 12.2 Å². The third-order valence-corrected chi connectivity index (χ3v) is 4.97. The fourth-order valence-electron chi connectivity index (χ4n) is 3.34. The molecular formula is C25H30N2O3. The average molecular weight is 407 g/mol. The van der Waals surface area contributed by atoms with Crippen molar-refractivity contribution in [3.63, 3.8) is 0 Å². The number of carbonyl (C=O) groups is 2. The molecule has 0 aromatic heterocycles. The van der Waals surface area contributed by atoms with Crippen molar-refractivity contribution in [3.05, 3.63) is 65.4 Å². The van der Waals surface area contributed by atoms with Crippen LogP contribution in [0.25, 0.3) is 5.57 Å². The highest BCUT2D eigenvalue weighted by Crippen LogP contribution is 2.31. The molecule has 158 valence electrons. The van der Waals surface area contributed by atoms with Crippen molar-refractivity contribution in [2.45, 2.75) is 40.5 Å². The largest absolute Gasteiger partial charge is 0.493 e. The van der Waals surface area contributed by atoms with Gasteiger partial charge in [0, 0.05) is 12.2 Å². The van der Waals surface area contributed by atoms with Crippen molar-refractivity contribution < 1.29 is 14.3 Å². The van der Waals surface area contributed by atoms with Gasteiger partial charge in [0.2, 0.25) is 0 Å². The minimum absolute atomic E-state index is 0.259. The molecule has 0 atom stereocenters. The molecule has 0 unspecified atom stereocenters. The van der Waals surface area contributed by atoms with Crippen LogP contribution in [0, 0.1) is 5.92 Å². The van der Waals surface area contributed by atoms with Crippen LogP contribution in [-0.4, -0.2) is 29.9 Å². The van der Waals surface area contributed by atoms with Gasteiger partial charge < -0.3 is 10.1 Å². The van der Waals surface area contributed by atoms with Crippen molar-refractivity contribution in [2.24, 2.45) is 5.92 Å². The lowest BCUT2D eigenvalue weighted by Crippen LogP contribution is -2.33. The number of nitrogens with one attached hydrogen (secondary N) is 1. The number of benzene rings is 2. The van der Waals surface area contributed by atoms with Crippen molar-refractivity contribution in [1.82, 2.24) is 4.90 Å². The topological polar surface area (TPSA) is 58.6 Å². The molecular weight excluding hydrogens is 376 g/mol. The molecule has 0 saturated carbocycles. The van der Waals surface area contributed by atoms with E-state index in [0.29, 0.717) is 42.3 Å². The zero-order valence-electron chi connectivity index (χ0n) is 18.2. The SMILES string of the molecule is CCCN1C(=O)C(Nc2ccc(CC)cc2)=C(c2ccc(OCC(C)C)cc2)C1=O. The summed E-state index contributed by atoms with van der Waals surface area (Å²) < 4.78 is 5.74. The standard InChI is InChI=1S/C25H30N2O3/c1-5-15-27-24(28)22(19-9-13-21(14-10-19)30-16-17(3)4)23(25(27)29)26-20-11-7-18(6-2)8-12-20/h7-14,17,26H,5-6,15-16H2,1-4H3. The van der Waals surface area contributed by atoms with Gasteiger partial charge in [0.1, 0.15) is 11.4 Å². The number of ether oxygens (including phenoxy) is 1. The van der Waals surface area contributed by atoms with E-state index in [9.17, 15) is 9.59 Å². The number of carbonyl (C=O) groups excluding carboxylic acids is 2. The summed E-state index contributed by atoms with van der Waals surface area (Å²) in [5.41, 5.74) is 3.44. The predicted octanol–water partition coefficient (Wildman–Crippen LogP) is 4.89. The number of hydrogen-bond donors (Lipinski definition) is 1. The third kappa shape index (κ3) is 4.73. The quantitative estimate of drug-likeness (QED) is 0.603. The summed E-state index contributed by atoms with van der Waals surface area (Å²) in [6.07, 6.45) is 1.66. The smallest absolute Gasteiger partial charge is 0.278 e. The van der Waals surface area contributed by atoms with E-state index in [2.05, 4.69) is 26.1 Å². The molecule has 3 rings (SSSR count). The van der Waals surface area contributed by atoms with Crippen LogP contribution in [0.2, 0.25) is 0 Å². The minimum Gasteiger partial charge on any atom is -0.493 e. The Kier molecular flexibility index (Phi) is 6.93. The molecule has 0 spiro atoms. The molecule has 1 heterocycles. The monoisotopic (exact) mass is 406 g/mol. The number of aryl methyl sites for hydroxylation is 1. The van der Waals surface area contributed by atoms with Crippen molar-refractivity contribution in [2.75, 3.05) is 18.5 Å². The minimum atomic E-state index is -0.281. The fraction of sp³-hybridized carbons (Fsp3) is 0.360. The molecule has 0 bridgehead atoms. The first-order chi connectivity index (χ1) is 14.4. The molecule has 0 saturated heterocycles. The van der Waals surface area contributed by atoms with Crippen LogP contribution in [-0.2, 0) is 16.0 Å². The van der Waals surface area contributed by atoms with Crippen LogP contribution in [0.5, 0.6) is 5.75 Å². The first-order valence-corrected chi connectivity index (χ1v) is 10.6. The lowest BCUT2D eigenvalue weighted by Gasteiger charge is -2.14. The Morgan fingerprint density at radius 3 is 2.17 bits per heavy atom. The summed E-state index contributed by atoms with van der Waals surface area (Å²) in [5, 5.41) is 3.20. The van der Waals surface area contributed by atoms with E-state index >= 15 is 0 Å². The molecule has 5 heteroatoms. The van der Waals surface area contributed by atoms with Gasteiger partial charge in [0.15, 0.2) is 0 Å². The van der Waals surface area contributed by atoms with E-state index in [1.807, 2.05) is 55.5 Å². The maximum Gasteiger partial charge on any atom is 0.278 e. The lowest BCUT2D eigenvalue weighted by molar-refractivity contribution is -0.136. The van der Waals surface area contributed by atoms with Crippen LogP contribution in [0.1, 0.15) is 45.2 Å². The Morgan fingerprint density at radius 1 is 0.933 bits per heavy atom. The molecule has 30 heavy (non-hydrogen) atoms. The molecule has 0 fully saturated rings. The van der Waals surface area contributed by atoms with Crippen molar-refractivity contribution >= 4 is 23.1 Å². The van der Waals surface area contributed by atoms with Gasteiger partial charge in [-0.05, 0) is 54.2 Å². The van der Waals surface area contributed by atoms with Gasteiger partial charge in [-0.2, -0.15) is 0 Å². The zero-order valence-corrected chi connectivity index (χ0v) is 18.2. The van der Waals surface area contributed by atoms with Crippen LogP contribution in [0.3, 0.4) is 0 Å². The summed E-state index contributed by atoms with van der Waals surface area (Å²) in [4.78, 5) is 27.4. The Balaban J connectivity index is 1.94. The second-order valence-electron chi connectivity index (χ2n) is 7.92. The van der Waals surface area contributed by atoms with Crippen LogP contribution < -0.4 is 10.1 Å². The van der Waals surface area contributed by atoms with Gasteiger partial charge in [-0.25, -0.2) is 0 Å². The first kappa shape index (κ1) is 21.6. The number of amides is 2. The first-order valence-electron chi connectivity index (χ1n) is 10.6. The Bertz CT molecular complexity index is 928. The number of rotatable bonds is 9.